The van der Waals surface area contributed by atoms with E-state index in [0.717, 1.165) is 36.8 Å². The van der Waals surface area contributed by atoms with E-state index in [-0.39, 0.29) is 17.9 Å². The molecule has 1 aliphatic carbocycles. The molecule has 2 N–H and O–H groups in total. The number of hydrogen-bond donors (Lipinski definition) is 2. The van der Waals surface area contributed by atoms with Crippen molar-refractivity contribution in [3.63, 3.8) is 0 Å². The number of aryl methyl sites for hydroxylation is 1. The Morgan fingerprint density at radius 2 is 1.86 bits per heavy atom. The van der Waals surface area contributed by atoms with Gasteiger partial charge in [-0.1, -0.05) is 56.0 Å². The predicted octanol–water partition coefficient (Wildman–Crippen LogP) is 5.37. The Hall–Kier alpha value is -2.22. The van der Waals surface area contributed by atoms with Crippen molar-refractivity contribution in [3.8, 4) is 0 Å². The lowest BCUT2D eigenvalue weighted by Crippen LogP contribution is -2.54. The van der Waals surface area contributed by atoms with Gasteiger partial charge < -0.3 is 20.3 Å². The van der Waals surface area contributed by atoms with Crippen LogP contribution in [0.2, 0.25) is 0 Å². The van der Waals surface area contributed by atoms with Crippen molar-refractivity contribution in [1.82, 2.24) is 15.5 Å². The maximum atomic E-state index is 14.0. The van der Waals surface area contributed by atoms with Gasteiger partial charge in [-0.25, -0.2) is 4.79 Å². The molecule has 1 fully saturated rings. The van der Waals surface area contributed by atoms with Gasteiger partial charge in [0.25, 0.3) is 0 Å². The Kier molecular flexibility index (Phi) is 12.1. The summed E-state index contributed by atoms with van der Waals surface area (Å²) in [5, 5.41) is 6.02. The highest BCUT2D eigenvalue weighted by Crippen LogP contribution is 2.26. The van der Waals surface area contributed by atoms with E-state index in [9.17, 15) is 14.4 Å². The largest absolute Gasteiger partial charge is 0.444 e. The minimum absolute atomic E-state index is 0.129. The summed E-state index contributed by atoms with van der Waals surface area (Å²) in [5.74, 6) is 0.271. The average molecular weight is 520 g/mol. The maximum Gasteiger partial charge on any atom is 0.408 e. The average Bonchev–Trinajstić information content (AvgIpc) is 2.80. The Bertz CT molecular complexity index is 865. The molecule has 3 amide bonds. The molecular formula is C28H45N3O4S. The Morgan fingerprint density at radius 1 is 1.17 bits per heavy atom. The molecule has 8 heteroatoms. The van der Waals surface area contributed by atoms with Gasteiger partial charge in [0.15, 0.2) is 0 Å². The van der Waals surface area contributed by atoms with E-state index in [1.165, 1.54) is 6.42 Å². The molecule has 0 spiro atoms. The van der Waals surface area contributed by atoms with Gasteiger partial charge in [0, 0.05) is 12.6 Å². The first-order valence-corrected chi connectivity index (χ1v) is 14.6. The van der Waals surface area contributed by atoms with Crippen molar-refractivity contribution in [1.29, 1.82) is 0 Å². The number of amides is 3. The van der Waals surface area contributed by atoms with Crippen LogP contribution in [0.5, 0.6) is 0 Å². The number of thioether (sulfide) groups is 1. The van der Waals surface area contributed by atoms with Gasteiger partial charge in [-0.3, -0.25) is 9.59 Å². The molecule has 0 bridgehead atoms. The fraction of sp³-hybridized carbons (Fsp3) is 0.679. The van der Waals surface area contributed by atoms with E-state index in [1.807, 2.05) is 44.4 Å². The number of alkyl carbamates (subject to hydrolysis) is 1. The zero-order chi connectivity index (χ0) is 26.7. The highest BCUT2D eigenvalue weighted by molar-refractivity contribution is 7.98. The first-order valence-electron chi connectivity index (χ1n) is 13.2. The van der Waals surface area contributed by atoms with Crippen molar-refractivity contribution in [2.45, 2.75) is 103 Å². The third-order valence-corrected chi connectivity index (χ3v) is 6.86. The Balaban J connectivity index is 2.39. The van der Waals surface area contributed by atoms with E-state index < -0.39 is 23.8 Å². The summed E-state index contributed by atoms with van der Waals surface area (Å²) < 4.78 is 5.44. The molecule has 36 heavy (non-hydrogen) atoms. The molecule has 1 saturated carbocycles. The van der Waals surface area contributed by atoms with Gasteiger partial charge in [0.2, 0.25) is 11.8 Å². The van der Waals surface area contributed by atoms with Gasteiger partial charge >= 0.3 is 6.09 Å². The number of rotatable bonds is 11. The van der Waals surface area contributed by atoms with Crippen LogP contribution in [0.1, 0.15) is 89.8 Å². The number of hydrogen-bond acceptors (Lipinski definition) is 5. The third-order valence-electron chi connectivity index (χ3n) is 6.22. The van der Waals surface area contributed by atoms with Crippen molar-refractivity contribution in [2.24, 2.45) is 0 Å². The third kappa shape index (κ3) is 9.68. The summed E-state index contributed by atoms with van der Waals surface area (Å²) >= 11 is 1.61. The smallest absolute Gasteiger partial charge is 0.408 e. The van der Waals surface area contributed by atoms with Gasteiger partial charge in [0.1, 0.15) is 17.7 Å². The van der Waals surface area contributed by atoms with Crippen LogP contribution in [0.4, 0.5) is 4.79 Å². The number of ether oxygens (including phenoxy) is 1. The first-order chi connectivity index (χ1) is 17.1. The Morgan fingerprint density at radius 3 is 2.44 bits per heavy atom. The summed E-state index contributed by atoms with van der Waals surface area (Å²) in [6.07, 6.45) is 7.80. The normalized spacial score (nSPS) is 16.1. The minimum atomic E-state index is -0.784. The molecule has 1 aromatic carbocycles. The summed E-state index contributed by atoms with van der Waals surface area (Å²) in [5.41, 5.74) is 1.13. The minimum Gasteiger partial charge on any atom is -0.444 e. The lowest BCUT2D eigenvalue weighted by atomic mass is 9.94. The fourth-order valence-corrected chi connectivity index (χ4v) is 5.06. The van der Waals surface area contributed by atoms with E-state index in [2.05, 4.69) is 10.6 Å². The van der Waals surface area contributed by atoms with Gasteiger partial charge in [0.05, 0.1) is 0 Å². The molecule has 0 heterocycles. The number of nitrogens with one attached hydrogen (secondary N) is 2. The molecule has 2 unspecified atom stereocenters. The van der Waals surface area contributed by atoms with Crippen LogP contribution < -0.4 is 10.6 Å². The van der Waals surface area contributed by atoms with Crippen LogP contribution in [0.25, 0.3) is 0 Å². The molecule has 1 aliphatic rings. The molecule has 0 aromatic heterocycles. The van der Waals surface area contributed by atoms with E-state index in [4.69, 9.17) is 4.74 Å². The zero-order valence-corrected chi connectivity index (χ0v) is 23.7. The fourth-order valence-electron chi connectivity index (χ4n) is 4.59. The van der Waals surface area contributed by atoms with Crippen molar-refractivity contribution in [3.05, 3.63) is 35.4 Å². The van der Waals surface area contributed by atoms with Crippen LogP contribution in [0, 0.1) is 6.92 Å². The van der Waals surface area contributed by atoms with Crippen LogP contribution in [-0.2, 0) is 14.3 Å². The predicted molar refractivity (Wildman–Crippen MR) is 147 cm³/mol. The van der Waals surface area contributed by atoms with Crippen molar-refractivity contribution >= 4 is 29.7 Å². The number of benzene rings is 1. The maximum absolute atomic E-state index is 14.0. The van der Waals surface area contributed by atoms with Crippen LogP contribution in [0.3, 0.4) is 0 Å². The molecule has 2 atom stereocenters. The molecule has 2 rings (SSSR count). The second-order valence-electron chi connectivity index (χ2n) is 10.7. The second kappa shape index (κ2) is 14.5. The summed E-state index contributed by atoms with van der Waals surface area (Å²) in [4.78, 5) is 42.0. The highest BCUT2D eigenvalue weighted by Gasteiger charge is 2.36. The highest BCUT2D eigenvalue weighted by atomic mass is 32.2. The van der Waals surface area contributed by atoms with Crippen LogP contribution >= 0.6 is 11.8 Å². The monoisotopic (exact) mass is 519 g/mol. The van der Waals surface area contributed by atoms with E-state index >= 15 is 0 Å². The lowest BCUT2D eigenvalue weighted by Gasteiger charge is -2.35. The molecule has 7 nitrogen and oxygen atoms in total. The topological polar surface area (TPSA) is 87.7 Å². The van der Waals surface area contributed by atoms with E-state index in [1.54, 1.807) is 37.4 Å². The summed E-state index contributed by atoms with van der Waals surface area (Å²) in [6, 6.07) is 6.36. The van der Waals surface area contributed by atoms with E-state index in [0.29, 0.717) is 25.1 Å². The lowest BCUT2D eigenvalue weighted by molar-refractivity contribution is -0.143. The Labute approximate surface area is 221 Å². The van der Waals surface area contributed by atoms with Crippen molar-refractivity contribution in [2.75, 3.05) is 18.6 Å². The molecule has 0 aliphatic heterocycles. The molecular weight excluding hydrogens is 474 g/mol. The molecule has 0 radical (unpaired) electrons. The zero-order valence-electron chi connectivity index (χ0n) is 22.9. The number of carbonyl (C=O) groups is 3. The standard InChI is InChI=1S/C28H45N3O4S/c1-7-17-31(26(33)23(16-18-36-6)30-27(34)35-28(3,4)5)24(21-13-11-12-20(2)19-21)25(32)29-22-14-9-8-10-15-22/h11-13,19,22-24H,7-10,14-18H2,1-6H3,(H,29,32)(H,30,34). The molecule has 0 saturated heterocycles. The van der Waals surface area contributed by atoms with Gasteiger partial charge in [-0.15, -0.1) is 0 Å². The molecule has 202 valence electrons. The summed E-state index contributed by atoms with van der Waals surface area (Å²) in [6.45, 7) is 9.75. The van der Waals surface area contributed by atoms with Gasteiger partial charge in [-0.2, -0.15) is 11.8 Å². The van der Waals surface area contributed by atoms with Crippen molar-refractivity contribution < 1.29 is 19.1 Å². The summed E-state index contributed by atoms with van der Waals surface area (Å²) in [7, 11) is 0. The molecule has 1 aromatic rings. The first kappa shape index (κ1) is 30.0. The quantitative estimate of drug-likeness (QED) is 0.410. The van der Waals surface area contributed by atoms with Crippen LogP contribution in [-0.4, -0.2) is 59.0 Å². The number of nitrogens with zero attached hydrogens (tertiary/aromatic N) is 1. The van der Waals surface area contributed by atoms with Gasteiger partial charge in [-0.05, 0) is 71.0 Å². The van der Waals surface area contributed by atoms with Crippen LogP contribution in [0.15, 0.2) is 24.3 Å². The second-order valence-corrected chi connectivity index (χ2v) is 11.7. The SMILES string of the molecule is CCCN(C(=O)C(CCSC)NC(=O)OC(C)(C)C)C(C(=O)NC1CCCCC1)c1cccc(C)c1. The number of carbonyl (C=O) groups excluding carboxylic acids is 3.